The molecule has 0 fully saturated rings. The van der Waals surface area contributed by atoms with Crippen molar-refractivity contribution in [2.75, 3.05) is 0 Å². The van der Waals surface area contributed by atoms with E-state index in [4.69, 9.17) is 0 Å². The van der Waals surface area contributed by atoms with Gasteiger partial charge in [-0.2, -0.15) is 0 Å². The molecular formula is C16H12O3S. The minimum atomic E-state index is -1.44. The van der Waals surface area contributed by atoms with Crippen molar-refractivity contribution in [3.8, 4) is 0 Å². The summed E-state index contributed by atoms with van der Waals surface area (Å²) in [5.74, 6) is -0.994. The van der Waals surface area contributed by atoms with Crippen LogP contribution in [0.1, 0.15) is 23.6 Å². The summed E-state index contributed by atoms with van der Waals surface area (Å²) in [6, 6.07) is 13.1. The van der Waals surface area contributed by atoms with Gasteiger partial charge in [0.15, 0.2) is 0 Å². The first-order valence-corrected chi connectivity index (χ1v) is 7.20. The van der Waals surface area contributed by atoms with Crippen molar-refractivity contribution < 1.29 is 15.0 Å². The topological polar surface area (TPSA) is 57.5 Å². The van der Waals surface area contributed by atoms with Crippen molar-refractivity contribution in [1.29, 1.82) is 0 Å². The third-order valence-corrected chi connectivity index (χ3v) is 5.71. The molecule has 0 radical (unpaired) electrons. The maximum absolute atomic E-state index is 11.8. The van der Waals surface area contributed by atoms with Crippen molar-refractivity contribution in [3.63, 3.8) is 0 Å². The second-order valence-corrected chi connectivity index (χ2v) is 6.50. The number of aliphatic hydroxyl groups is 1. The first-order chi connectivity index (χ1) is 9.51. The number of carboxylic acids is 1. The highest BCUT2D eigenvalue weighted by Gasteiger charge is 2.68. The molecule has 1 heterocycles. The van der Waals surface area contributed by atoms with E-state index in [0.717, 1.165) is 15.4 Å². The highest BCUT2D eigenvalue weighted by Crippen LogP contribution is 2.65. The van der Waals surface area contributed by atoms with Gasteiger partial charge in [-0.3, -0.25) is 4.79 Å². The highest BCUT2D eigenvalue weighted by atomic mass is 32.2. The zero-order chi connectivity index (χ0) is 14.1. The lowest BCUT2D eigenvalue weighted by atomic mass is 9.51. The quantitative estimate of drug-likeness (QED) is 0.845. The summed E-state index contributed by atoms with van der Waals surface area (Å²) in [4.78, 5) is 13.7. The zero-order valence-corrected chi connectivity index (χ0v) is 11.6. The van der Waals surface area contributed by atoms with Crippen LogP contribution in [0, 0.1) is 0 Å². The molecular weight excluding hydrogens is 272 g/mol. The number of aliphatic carboxylic acids is 1. The van der Waals surface area contributed by atoms with E-state index in [0.29, 0.717) is 11.1 Å². The Morgan fingerprint density at radius 1 is 1.05 bits per heavy atom. The van der Waals surface area contributed by atoms with E-state index in [-0.39, 0.29) is 0 Å². The molecule has 2 unspecified atom stereocenters. The Hall–Kier alpha value is -1.78. The van der Waals surface area contributed by atoms with Crippen molar-refractivity contribution in [1.82, 2.24) is 0 Å². The number of benzene rings is 2. The van der Waals surface area contributed by atoms with Gasteiger partial charge in [-0.1, -0.05) is 42.1 Å². The number of rotatable bonds is 1. The van der Waals surface area contributed by atoms with E-state index >= 15 is 0 Å². The van der Waals surface area contributed by atoms with Gasteiger partial charge in [0.25, 0.3) is 0 Å². The largest absolute Gasteiger partial charge is 0.480 e. The van der Waals surface area contributed by atoms with Gasteiger partial charge >= 0.3 is 5.97 Å². The summed E-state index contributed by atoms with van der Waals surface area (Å²) in [5.41, 5.74) is -0.566. The maximum atomic E-state index is 11.8. The SMILES string of the molecule is CC1(C(=O)O)c2cccc3c2C1(O)c1ccccc1S3. The molecule has 1 aliphatic carbocycles. The molecule has 0 saturated carbocycles. The van der Waals surface area contributed by atoms with Crippen molar-refractivity contribution in [2.45, 2.75) is 27.7 Å². The third-order valence-electron chi connectivity index (χ3n) is 4.57. The van der Waals surface area contributed by atoms with Crippen LogP contribution in [0.3, 0.4) is 0 Å². The Balaban J connectivity index is 2.13. The van der Waals surface area contributed by atoms with Gasteiger partial charge in [0.2, 0.25) is 0 Å². The fourth-order valence-electron chi connectivity index (χ4n) is 3.44. The fourth-order valence-corrected chi connectivity index (χ4v) is 4.65. The molecule has 0 bridgehead atoms. The van der Waals surface area contributed by atoms with E-state index in [1.807, 2.05) is 36.4 Å². The lowest BCUT2D eigenvalue weighted by molar-refractivity contribution is -0.158. The molecule has 2 aliphatic rings. The van der Waals surface area contributed by atoms with E-state index < -0.39 is 17.0 Å². The first-order valence-electron chi connectivity index (χ1n) is 6.38. The van der Waals surface area contributed by atoms with Crippen LogP contribution >= 0.6 is 11.8 Å². The Morgan fingerprint density at radius 2 is 1.70 bits per heavy atom. The minimum Gasteiger partial charge on any atom is -0.480 e. The van der Waals surface area contributed by atoms with Gasteiger partial charge in [-0.15, -0.1) is 0 Å². The number of fused-ring (bicyclic) bond motifs is 2. The Bertz CT molecular complexity index is 770. The van der Waals surface area contributed by atoms with Crippen LogP contribution in [0.5, 0.6) is 0 Å². The summed E-state index contributed by atoms with van der Waals surface area (Å²) in [7, 11) is 0. The lowest BCUT2D eigenvalue weighted by Crippen LogP contribution is -2.63. The maximum Gasteiger partial charge on any atom is 0.317 e. The molecule has 2 aromatic carbocycles. The number of hydrogen-bond donors (Lipinski definition) is 2. The average Bonchev–Trinajstić information content (AvgIpc) is 2.45. The van der Waals surface area contributed by atoms with Gasteiger partial charge in [0.1, 0.15) is 11.0 Å². The molecule has 4 heteroatoms. The second-order valence-electron chi connectivity index (χ2n) is 5.42. The van der Waals surface area contributed by atoms with Gasteiger partial charge in [0, 0.05) is 20.9 Å². The van der Waals surface area contributed by atoms with Crippen LogP contribution in [-0.4, -0.2) is 16.2 Å². The Morgan fingerprint density at radius 3 is 2.45 bits per heavy atom. The lowest BCUT2D eigenvalue weighted by Gasteiger charge is -2.56. The van der Waals surface area contributed by atoms with Crippen LogP contribution < -0.4 is 0 Å². The normalized spacial score (nSPS) is 29.1. The number of carbonyl (C=O) groups is 1. The van der Waals surface area contributed by atoms with E-state index in [1.54, 1.807) is 24.8 Å². The van der Waals surface area contributed by atoms with Gasteiger partial charge in [0.05, 0.1) is 0 Å². The minimum absolute atomic E-state index is 0.695. The smallest absolute Gasteiger partial charge is 0.317 e. The fraction of sp³-hybridized carbons (Fsp3) is 0.188. The molecule has 1 aliphatic heterocycles. The Kier molecular flexibility index (Phi) is 2.07. The standard InChI is InChI=1S/C16H12O3S/c1-15(14(17)18)10-6-4-8-12-13(10)16(15,19)9-5-2-3-7-11(9)20-12/h2-8,19H,1H3,(H,17,18). The van der Waals surface area contributed by atoms with Crippen molar-refractivity contribution >= 4 is 17.7 Å². The molecule has 2 aromatic rings. The summed E-state index contributed by atoms with van der Waals surface area (Å²) in [5, 5.41) is 20.9. The van der Waals surface area contributed by atoms with Crippen LogP contribution in [0.4, 0.5) is 0 Å². The van der Waals surface area contributed by atoms with Gasteiger partial charge < -0.3 is 10.2 Å². The molecule has 4 rings (SSSR count). The molecule has 3 nitrogen and oxygen atoms in total. The van der Waals surface area contributed by atoms with Crippen LogP contribution in [-0.2, 0) is 15.8 Å². The molecule has 100 valence electrons. The van der Waals surface area contributed by atoms with Crippen LogP contribution in [0.15, 0.2) is 52.3 Å². The molecule has 0 saturated heterocycles. The average molecular weight is 284 g/mol. The molecule has 2 atom stereocenters. The highest BCUT2D eigenvalue weighted by molar-refractivity contribution is 7.99. The number of hydrogen-bond acceptors (Lipinski definition) is 3. The van der Waals surface area contributed by atoms with Crippen LogP contribution in [0.2, 0.25) is 0 Å². The molecule has 2 N–H and O–H groups in total. The van der Waals surface area contributed by atoms with Gasteiger partial charge in [-0.05, 0) is 24.6 Å². The van der Waals surface area contributed by atoms with Crippen molar-refractivity contribution in [3.05, 3.63) is 59.2 Å². The predicted octanol–water partition coefficient (Wildman–Crippen LogP) is 2.74. The van der Waals surface area contributed by atoms with Gasteiger partial charge in [-0.25, -0.2) is 0 Å². The molecule has 0 spiro atoms. The summed E-state index contributed by atoms with van der Waals surface area (Å²) >= 11 is 1.59. The van der Waals surface area contributed by atoms with E-state index in [1.165, 1.54) is 0 Å². The van der Waals surface area contributed by atoms with E-state index in [2.05, 4.69) is 0 Å². The molecule has 0 aromatic heterocycles. The summed E-state index contributed by atoms with van der Waals surface area (Å²) < 4.78 is 0. The number of carboxylic acid groups (broad SMARTS) is 1. The van der Waals surface area contributed by atoms with Crippen molar-refractivity contribution in [2.24, 2.45) is 0 Å². The third kappa shape index (κ3) is 1.04. The Labute approximate surface area is 120 Å². The summed E-state index contributed by atoms with van der Waals surface area (Å²) in [6.45, 7) is 1.61. The predicted molar refractivity (Wildman–Crippen MR) is 75.0 cm³/mol. The first kappa shape index (κ1) is 12.0. The van der Waals surface area contributed by atoms with Crippen LogP contribution in [0.25, 0.3) is 0 Å². The zero-order valence-electron chi connectivity index (χ0n) is 10.8. The molecule has 20 heavy (non-hydrogen) atoms. The second kappa shape index (κ2) is 3.45. The monoisotopic (exact) mass is 284 g/mol. The summed E-state index contributed by atoms with van der Waals surface area (Å²) in [6.07, 6.45) is 0. The molecule has 0 amide bonds. The van der Waals surface area contributed by atoms with E-state index in [9.17, 15) is 15.0 Å².